The number of nitrogens with zero attached hydrogens (tertiary/aromatic N) is 3. The van der Waals surface area contributed by atoms with Crippen molar-refractivity contribution in [1.82, 2.24) is 9.78 Å². The number of nitrogens with two attached hydrogens (primary N) is 1. The Labute approximate surface area is 97.9 Å². The molecule has 4 nitrogen and oxygen atoms in total. The molecule has 0 bridgehead atoms. The van der Waals surface area contributed by atoms with Crippen LogP contribution in [0.15, 0.2) is 29.0 Å². The van der Waals surface area contributed by atoms with Gasteiger partial charge in [-0.2, -0.15) is 5.10 Å². The number of nitrogen functional groups attached to an aromatic ring is 1. The van der Waals surface area contributed by atoms with Gasteiger partial charge >= 0.3 is 0 Å². The first kappa shape index (κ1) is 14.4. The van der Waals surface area contributed by atoms with Crippen molar-refractivity contribution in [3.05, 3.63) is 24.0 Å². The van der Waals surface area contributed by atoms with Gasteiger partial charge in [-0.1, -0.05) is 19.9 Å². The second kappa shape index (κ2) is 7.68. The fraction of sp³-hybridized carbons (Fsp3) is 0.500. The Morgan fingerprint density at radius 1 is 1.50 bits per heavy atom. The van der Waals surface area contributed by atoms with E-state index in [0.717, 1.165) is 11.4 Å². The van der Waals surface area contributed by atoms with Crippen LogP contribution in [0.2, 0.25) is 0 Å². The van der Waals surface area contributed by atoms with Gasteiger partial charge < -0.3 is 5.73 Å². The lowest BCUT2D eigenvalue weighted by atomic mass is 10.4. The van der Waals surface area contributed by atoms with E-state index < -0.39 is 0 Å². The molecule has 0 saturated heterocycles. The molecule has 1 rings (SSSR count). The van der Waals surface area contributed by atoms with E-state index in [2.05, 4.69) is 10.1 Å². The Kier molecular flexibility index (Phi) is 6.92. The largest absolute Gasteiger partial charge is 0.384 e. The van der Waals surface area contributed by atoms with Crippen LogP contribution >= 0.6 is 0 Å². The molecule has 0 aliphatic heterocycles. The summed E-state index contributed by atoms with van der Waals surface area (Å²) < 4.78 is 1.72. The molecule has 0 aliphatic rings. The van der Waals surface area contributed by atoms with Gasteiger partial charge in [-0.05, 0) is 26.8 Å². The van der Waals surface area contributed by atoms with Crippen LogP contribution in [-0.4, -0.2) is 15.5 Å². The molecule has 0 aromatic carbocycles. The highest BCUT2D eigenvalue weighted by molar-refractivity contribution is 5.82. The summed E-state index contributed by atoms with van der Waals surface area (Å²) in [5, 5.41) is 4.08. The number of aromatic nitrogens is 2. The van der Waals surface area contributed by atoms with Crippen LogP contribution in [0.3, 0.4) is 0 Å². The molecule has 0 unspecified atom stereocenters. The summed E-state index contributed by atoms with van der Waals surface area (Å²) in [4.78, 5) is 4.37. The average molecular weight is 222 g/mol. The Morgan fingerprint density at radius 2 is 2.12 bits per heavy atom. The zero-order valence-corrected chi connectivity index (χ0v) is 10.9. The molecule has 1 aromatic heterocycles. The number of allylic oxidation sites excluding steroid dienone is 2. The van der Waals surface area contributed by atoms with Crippen molar-refractivity contribution in [2.24, 2.45) is 4.99 Å². The number of hydrogen-bond acceptors (Lipinski definition) is 3. The lowest BCUT2D eigenvalue weighted by Crippen LogP contribution is -2.10. The molecule has 0 amide bonds. The molecule has 0 radical (unpaired) electrons. The summed E-state index contributed by atoms with van der Waals surface area (Å²) in [7, 11) is 0. The van der Waals surface area contributed by atoms with E-state index in [9.17, 15) is 0 Å². The summed E-state index contributed by atoms with van der Waals surface area (Å²) >= 11 is 0. The van der Waals surface area contributed by atoms with Gasteiger partial charge in [0.1, 0.15) is 5.82 Å². The predicted octanol–water partition coefficient (Wildman–Crippen LogP) is 2.88. The summed E-state index contributed by atoms with van der Waals surface area (Å²) in [6.07, 6.45) is 3.65. The van der Waals surface area contributed by atoms with Crippen LogP contribution in [0.4, 0.5) is 5.82 Å². The molecule has 0 fully saturated rings. The maximum atomic E-state index is 5.68. The Balaban J connectivity index is 0.00000106. The van der Waals surface area contributed by atoms with Crippen LogP contribution < -0.4 is 5.73 Å². The van der Waals surface area contributed by atoms with Crippen LogP contribution in [0.5, 0.6) is 0 Å². The summed E-state index contributed by atoms with van der Waals surface area (Å²) in [6.45, 7) is 10.5. The summed E-state index contributed by atoms with van der Waals surface area (Å²) in [6, 6.07) is 1.77. The molecule has 0 spiro atoms. The van der Waals surface area contributed by atoms with E-state index in [1.165, 1.54) is 0 Å². The number of aliphatic imine (C=N–C) groups is 1. The first-order chi connectivity index (χ1) is 7.63. The second-order valence-corrected chi connectivity index (χ2v) is 3.19. The maximum Gasteiger partial charge on any atom is 0.122 e. The Hall–Kier alpha value is -1.58. The van der Waals surface area contributed by atoms with Crippen molar-refractivity contribution >= 4 is 11.5 Å². The van der Waals surface area contributed by atoms with Gasteiger partial charge in [0.25, 0.3) is 0 Å². The lowest BCUT2D eigenvalue weighted by Gasteiger charge is -2.03. The lowest BCUT2D eigenvalue weighted by molar-refractivity contribution is 0.732. The maximum absolute atomic E-state index is 5.68. The predicted molar refractivity (Wildman–Crippen MR) is 70.5 cm³/mol. The molecule has 90 valence electrons. The Bertz CT molecular complexity index is 361. The van der Waals surface area contributed by atoms with Gasteiger partial charge in [-0.25, -0.2) is 4.68 Å². The monoisotopic (exact) mass is 222 g/mol. The highest BCUT2D eigenvalue weighted by Gasteiger charge is 1.99. The standard InChI is InChI=1S/C10H16N4.C2H6/c1-4-8(2)13-9(3)7-14-10(11)5-6-12-14;1-2/h4-6H,7,11H2,1-3H3;1-2H3/b8-4-,13-9?;. The highest BCUT2D eigenvalue weighted by atomic mass is 15.3. The van der Waals surface area contributed by atoms with E-state index in [0.29, 0.717) is 12.4 Å². The van der Waals surface area contributed by atoms with Crippen LogP contribution in [-0.2, 0) is 6.54 Å². The van der Waals surface area contributed by atoms with E-state index in [1.807, 2.05) is 40.7 Å². The molecule has 0 atom stereocenters. The van der Waals surface area contributed by atoms with Gasteiger partial charge in [-0.15, -0.1) is 0 Å². The SMILES string of the molecule is C/C=C(/C)N=C(C)Cn1nccc1N.CC. The van der Waals surface area contributed by atoms with Crippen molar-refractivity contribution in [3.63, 3.8) is 0 Å². The fourth-order valence-corrected chi connectivity index (χ4v) is 1.09. The number of hydrogen-bond donors (Lipinski definition) is 1. The van der Waals surface area contributed by atoms with E-state index in [1.54, 1.807) is 16.9 Å². The third kappa shape index (κ3) is 4.77. The van der Waals surface area contributed by atoms with Gasteiger partial charge in [0.05, 0.1) is 12.7 Å². The third-order valence-electron chi connectivity index (χ3n) is 1.91. The minimum Gasteiger partial charge on any atom is -0.384 e. The number of rotatable bonds is 3. The zero-order valence-electron chi connectivity index (χ0n) is 10.9. The van der Waals surface area contributed by atoms with Crippen molar-refractivity contribution in [2.75, 3.05) is 5.73 Å². The van der Waals surface area contributed by atoms with Crippen molar-refractivity contribution in [2.45, 2.75) is 41.2 Å². The molecule has 0 aliphatic carbocycles. The molecule has 2 N–H and O–H groups in total. The van der Waals surface area contributed by atoms with Crippen molar-refractivity contribution in [1.29, 1.82) is 0 Å². The first-order valence-electron chi connectivity index (χ1n) is 5.58. The quantitative estimate of drug-likeness (QED) is 0.799. The fourth-order valence-electron chi connectivity index (χ4n) is 1.09. The van der Waals surface area contributed by atoms with E-state index >= 15 is 0 Å². The second-order valence-electron chi connectivity index (χ2n) is 3.19. The first-order valence-corrected chi connectivity index (χ1v) is 5.58. The molecular formula is C12H22N4. The molecule has 1 aromatic rings. The molecular weight excluding hydrogens is 200 g/mol. The average Bonchev–Trinajstić information content (AvgIpc) is 2.67. The summed E-state index contributed by atoms with van der Waals surface area (Å²) in [5.41, 5.74) is 7.69. The normalized spacial score (nSPS) is 12.1. The molecule has 16 heavy (non-hydrogen) atoms. The van der Waals surface area contributed by atoms with E-state index in [4.69, 9.17) is 5.73 Å². The molecule has 4 heteroatoms. The third-order valence-corrected chi connectivity index (χ3v) is 1.91. The van der Waals surface area contributed by atoms with Gasteiger partial charge in [0, 0.05) is 11.4 Å². The van der Waals surface area contributed by atoms with E-state index in [-0.39, 0.29) is 0 Å². The van der Waals surface area contributed by atoms with Crippen LogP contribution in [0, 0.1) is 0 Å². The molecule has 1 heterocycles. The van der Waals surface area contributed by atoms with Crippen LogP contribution in [0.25, 0.3) is 0 Å². The minimum absolute atomic E-state index is 0.643. The smallest absolute Gasteiger partial charge is 0.122 e. The Morgan fingerprint density at radius 3 is 2.56 bits per heavy atom. The topological polar surface area (TPSA) is 56.2 Å². The van der Waals surface area contributed by atoms with Crippen LogP contribution in [0.1, 0.15) is 34.6 Å². The van der Waals surface area contributed by atoms with Crippen molar-refractivity contribution < 1.29 is 0 Å². The summed E-state index contributed by atoms with van der Waals surface area (Å²) in [5.74, 6) is 0.665. The number of anilines is 1. The zero-order chi connectivity index (χ0) is 12.6. The van der Waals surface area contributed by atoms with Gasteiger partial charge in [-0.3, -0.25) is 4.99 Å². The van der Waals surface area contributed by atoms with Gasteiger partial charge in [0.2, 0.25) is 0 Å². The highest BCUT2D eigenvalue weighted by Crippen LogP contribution is 2.02. The van der Waals surface area contributed by atoms with Gasteiger partial charge in [0.15, 0.2) is 0 Å². The minimum atomic E-state index is 0.643. The molecule has 0 saturated carbocycles. The van der Waals surface area contributed by atoms with Crippen molar-refractivity contribution in [3.8, 4) is 0 Å².